The first-order valence-corrected chi connectivity index (χ1v) is 11.7. The van der Waals surface area contributed by atoms with E-state index in [0.29, 0.717) is 13.2 Å². The molecule has 2 aromatic carbocycles. The van der Waals surface area contributed by atoms with Crippen LogP contribution in [0.1, 0.15) is 36.5 Å². The first-order chi connectivity index (χ1) is 15.5. The molecule has 2 N–H and O–H groups in total. The zero-order valence-corrected chi connectivity index (χ0v) is 22.5. The highest BCUT2D eigenvalue weighted by atomic mass is 127. The molecule has 0 spiro atoms. The van der Waals surface area contributed by atoms with Gasteiger partial charge in [-0.05, 0) is 49.9 Å². The summed E-state index contributed by atoms with van der Waals surface area (Å²) in [6.07, 6.45) is 1.64. The number of halogens is 1. The number of likely N-dealkylation sites (N-methyl/N-ethyl adjacent to an activating group) is 1. The van der Waals surface area contributed by atoms with Gasteiger partial charge in [0, 0.05) is 33.2 Å². The van der Waals surface area contributed by atoms with Gasteiger partial charge in [-0.25, -0.2) is 4.99 Å². The molecule has 3 rings (SSSR count). The second-order valence-corrected chi connectivity index (χ2v) is 8.58. The number of benzene rings is 2. The Bertz CT molecular complexity index is 834. The average molecular weight is 567 g/mol. The molecule has 1 heterocycles. The smallest absolute Gasteiger partial charge is 0.194 e. The predicted octanol–water partition coefficient (Wildman–Crippen LogP) is 4.05. The molecule has 0 atom stereocenters. The van der Waals surface area contributed by atoms with Crippen LogP contribution in [0.3, 0.4) is 0 Å². The lowest BCUT2D eigenvalue weighted by atomic mass is 10.1. The van der Waals surface area contributed by atoms with Crippen LogP contribution < -0.4 is 10.1 Å². The fourth-order valence-corrected chi connectivity index (χ4v) is 3.76. The van der Waals surface area contributed by atoms with Crippen LogP contribution in [-0.4, -0.2) is 66.8 Å². The fourth-order valence-electron chi connectivity index (χ4n) is 3.76. The molecule has 0 aromatic heterocycles. The van der Waals surface area contributed by atoms with Crippen molar-refractivity contribution in [2.75, 3.05) is 39.8 Å². The van der Waals surface area contributed by atoms with E-state index in [4.69, 9.17) is 9.73 Å². The number of nitrogens with one attached hydrogen (secondary N) is 1. The number of ether oxygens (including phenoxy) is 1. The molecule has 0 amide bonds. The van der Waals surface area contributed by atoms with E-state index in [1.165, 1.54) is 16.7 Å². The van der Waals surface area contributed by atoms with Crippen molar-refractivity contribution in [2.45, 2.75) is 45.9 Å². The minimum Gasteiger partial charge on any atom is -0.492 e. The Kier molecular flexibility index (Phi) is 12.0. The lowest BCUT2D eigenvalue weighted by Crippen LogP contribution is -2.40. The van der Waals surface area contributed by atoms with Gasteiger partial charge in [-0.3, -0.25) is 4.90 Å². The Morgan fingerprint density at radius 3 is 2.36 bits per heavy atom. The number of aliphatic hydroxyl groups is 1. The maximum atomic E-state index is 9.66. The lowest BCUT2D eigenvalue weighted by molar-refractivity contribution is 0.0792. The second-order valence-electron chi connectivity index (χ2n) is 8.58. The Balaban J connectivity index is 0.00000385. The van der Waals surface area contributed by atoms with Gasteiger partial charge in [0.25, 0.3) is 0 Å². The van der Waals surface area contributed by atoms with Crippen LogP contribution in [0.4, 0.5) is 0 Å². The van der Waals surface area contributed by atoms with Crippen LogP contribution in [0.5, 0.6) is 5.75 Å². The minimum absolute atomic E-state index is 0. The topological polar surface area (TPSA) is 60.3 Å². The summed E-state index contributed by atoms with van der Waals surface area (Å²) in [7, 11) is 2.04. The molecule has 1 aliphatic rings. The molecule has 0 saturated carbocycles. The maximum absolute atomic E-state index is 9.66. The number of hydrogen-bond acceptors (Lipinski definition) is 4. The second kappa shape index (κ2) is 14.4. The van der Waals surface area contributed by atoms with E-state index in [1.807, 2.05) is 19.2 Å². The summed E-state index contributed by atoms with van der Waals surface area (Å²) in [4.78, 5) is 9.33. The Morgan fingerprint density at radius 2 is 1.73 bits per heavy atom. The molecule has 0 bridgehead atoms. The lowest BCUT2D eigenvalue weighted by Gasteiger charge is -2.29. The Labute approximate surface area is 216 Å². The Morgan fingerprint density at radius 1 is 1.09 bits per heavy atom. The van der Waals surface area contributed by atoms with E-state index in [0.717, 1.165) is 57.3 Å². The first-order valence-electron chi connectivity index (χ1n) is 11.7. The van der Waals surface area contributed by atoms with Gasteiger partial charge >= 0.3 is 0 Å². The number of aliphatic hydroxyl groups excluding tert-OH is 1. The minimum atomic E-state index is -0.121. The summed E-state index contributed by atoms with van der Waals surface area (Å²) in [6.45, 7) is 9.87. The van der Waals surface area contributed by atoms with E-state index in [1.54, 1.807) is 0 Å². The van der Waals surface area contributed by atoms with Gasteiger partial charge in [-0.2, -0.15) is 0 Å². The Hall–Kier alpha value is -1.84. The molecule has 1 fully saturated rings. The quantitative estimate of drug-likeness (QED) is 0.273. The normalized spacial score (nSPS) is 15.1. The number of rotatable bonds is 9. The third-order valence-corrected chi connectivity index (χ3v) is 5.81. The molecule has 6 nitrogen and oxygen atoms in total. The van der Waals surface area contributed by atoms with Crippen molar-refractivity contribution < 1.29 is 9.84 Å². The van der Waals surface area contributed by atoms with Gasteiger partial charge in [-0.15, -0.1) is 24.0 Å². The molecule has 0 unspecified atom stereocenters. The van der Waals surface area contributed by atoms with E-state index >= 15 is 0 Å². The van der Waals surface area contributed by atoms with Gasteiger partial charge in [0.2, 0.25) is 0 Å². The summed E-state index contributed by atoms with van der Waals surface area (Å²) in [5, 5.41) is 13.0. The number of aryl methyl sites for hydroxylation is 1. The predicted molar refractivity (Wildman–Crippen MR) is 146 cm³/mol. The van der Waals surface area contributed by atoms with Gasteiger partial charge < -0.3 is 20.1 Å². The van der Waals surface area contributed by atoms with Gasteiger partial charge in [0.05, 0.1) is 19.2 Å². The van der Waals surface area contributed by atoms with Crippen molar-refractivity contribution >= 4 is 29.9 Å². The standard InChI is InChI=1S/C26H38N4O2.HI/c1-4-27-26(29(3)17-18-32-25-11-5-21(2)6-12-25)28-19-22-7-9-23(10-8-22)20-30-15-13-24(31)14-16-30;/h5-12,24,31H,4,13-20H2,1-3H3,(H,27,28);1H. The van der Waals surface area contributed by atoms with Crippen LogP contribution in [0.25, 0.3) is 0 Å². The van der Waals surface area contributed by atoms with E-state index in [9.17, 15) is 5.11 Å². The number of guanidine groups is 1. The van der Waals surface area contributed by atoms with Crippen LogP contribution in [0.15, 0.2) is 53.5 Å². The molecule has 0 radical (unpaired) electrons. The number of hydrogen-bond donors (Lipinski definition) is 2. The molecule has 0 aliphatic carbocycles. The number of likely N-dealkylation sites (tertiary alicyclic amines) is 1. The monoisotopic (exact) mass is 566 g/mol. The molecule has 1 aliphatic heterocycles. The highest BCUT2D eigenvalue weighted by Crippen LogP contribution is 2.15. The van der Waals surface area contributed by atoms with E-state index in [-0.39, 0.29) is 30.1 Å². The summed E-state index contributed by atoms with van der Waals surface area (Å²) < 4.78 is 5.86. The molecular formula is C26H39IN4O2. The van der Waals surface area contributed by atoms with Gasteiger partial charge in [0.15, 0.2) is 5.96 Å². The van der Waals surface area contributed by atoms with E-state index in [2.05, 4.69) is 65.4 Å². The van der Waals surface area contributed by atoms with Crippen LogP contribution in [0, 0.1) is 6.92 Å². The average Bonchev–Trinajstić information content (AvgIpc) is 2.80. The van der Waals surface area contributed by atoms with E-state index < -0.39 is 0 Å². The number of aliphatic imine (C=N–C) groups is 1. The van der Waals surface area contributed by atoms with Gasteiger partial charge in [0.1, 0.15) is 12.4 Å². The summed E-state index contributed by atoms with van der Waals surface area (Å²) in [6, 6.07) is 16.9. The molecular weight excluding hydrogens is 527 g/mol. The van der Waals surface area contributed by atoms with Crippen molar-refractivity contribution in [1.82, 2.24) is 15.1 Å². The van der Waals surface area contributed by atoms with Crippen molar-refractivity contribution in [3.8, 4) is 5.75 Å². The van der Waals surface area contributed by atoms with Crippen molar-refractivity contribution in [3.63, 3.8) is 0 Å². The third kappa shape index (κ3) is 9.51. The number of piperidine rings is 1. The molecule has 33 heavy (non-hydrogen) atoms. The van der Waals surface area contributed by atoms with Crippen LogP contribution in [-0.2, 0) is 13.1 Å². The van der Waals surface area contributed by atoms with Crippen molar-refractivity contribution in [2.24, 2.45) is 4.99 Å². The third-order valence-electron chi connectivity index (χ3n) is 5.81. The highest BCUT2D eigenvalue weighted by Gasteiger charge is 2.16. The summed E-state index contributed by atoms with van der Waals surface area (Å²) >= 11 is 0. The van der Waals surface area contributed by atoms with Crippen molar-refractivity contribution in [1.29, 1.82) is 0 Å². The zero-order valence-electron chi connectivity index (χ0n) is 20.2. The highest BCUT2D eigenvalue weighted by molar-refractivity contribution is 14.0. The van der Waals surface area contributed by atoms with Crippen LogP contribution >= 0.6 is 24.0 Å². The molecule has 2 aromatic rings. The van der Waals surface area contributed by atoms with Gasteiger partial charge in [-0.1, -0.05) is 42.0 Å². The summed E-state index contributed by atoms with van der Waals surface area (Å²) in [5.41, 5.74) is 3.74. The molecule has 182 valence electrons. The van der Waals surface area contributed by atoms with Crippen LogP contribution in [0.2, 0.25) is 0 Å². The number of nitrogens with zero attached hydrogens (tertiary/aromatic N) is 3. The summed E-state index contributed by atoms with van der Waals surface area (Å²) in [5.74, 6) is 1.78. The zero-order chi connectivity index (χ0) is 22.8. The van der Waals surface area contributed by atoms with Crippen molar-refractivity contribution in [3.05, 3.63) is 65.2 Å². The molecule has 7 heteroatoms. The molecule has 1 saturated heterocycles. The fraction of sp³-hybridized carbons (Fsp3) is 0.500. The maximum Gasteiger partial charge on any atom is 0.194 e. The first kappa shape index (κ1) is 27.4. The SMILES string of the molecule is CCNC(=NCc1ccc(CN2CCC(O)CC2)cc1)N(C)CCOc1ccc(C)cc1.I. The largest absolute Gasteiger partial charge is 0.492 e.